The molecule has 2 aromatic rings. The molecule has 1 heterocycles. The minimum absolute atomic E-state index is 0.0371. The van der Waals surface area contributed by atoms with Gasteiger partial charge in [-0.1, -0.05) is 37.0 Å². The highest BCUT2D eigenvalue weighted by Crippen LogP contribution is 2.46. The first kappa shape index (κ1) is 26.6. The van der Waals surface area contributed by atoms with Crippen molar-refractivity contribution >= 4 is 46.3 Å². The Morgan fingerprint density at radius 1 is 1.09 bits per heavy atom. The van der Waals surface area contributed by atoms with E-state index in [1.807, 2.05) is 13.8 Å². The number of methoxy groups -OCH3 is 1. The van der Waals surface area contributed by atoms with Crippen LogP contribution in [-0.4, -0.2) is 30.1 Å². The molecule has 1 aromatic heterocycles. The molecule has 0 fully saturated rings. The van der Waals surface area contributed by atoms with Gasteiger partial charge < -0.3 is 9.84 Å². The van der Waals surface area contributed by atoms with Crippen LogP contribution in [0.15, 0.2) is 12.1 Å². The van der Waals surface area contributed by atoms with Crippen molar-refractivity contribution < 1.29 is 37.0 Å². The van der Waals surface area contributed by atoms with Crippen LogP contribution in [0.3, 0.4) is 0 Å². The first-order chi connectivity index (χ1) is 14.9. The predicted molar refractivity (Wildman–Crippen MR) is 114 cm³/mol. The van der Waals surface area contributed by atoms with Crippen LogP contribution in [-0.2, 0) is 23.2 Å². The van der Waals surface area contributed by atoms with Crippen LogP contribution in [0.1, 0.15) is 62.7 Å². The van der Waals surface area contributed by atoms with Gasteiger partial charge in [-0.2, -0.15) is 13.2 Å². The van der Waals surface area contributed by atoms with Gasteiger partial charge in [0.1, 0.15) is 4.88 Å². The Morgan fingerprint density at radius 3 is 2.06 bits per heavy atom. The molecule has 4 nitrogen and oxygen atoms in total. The first-order valence-corrected chi connectivity index (χ1v) is 11.2. The van der Waals surface area contributed by atoms with E-state index in [1.54, 1.807) is 0 Å². The van der Waals surface area contributed by atoms with Crippen LogP contribution in [0.4, 0.5) is 17.6 Å². The number of fused-ring (bicyclic) bond motifs is 1. The molecule has 0 bridgehead atoms. The Hall–Kier alpha value is -1.68. The molecule has 32 heavy (non-hydrogen) atoms. The van der Waals surface area contributed by atoms with Crippen LogP contribution >= 0.6 is 34.5 Å². The van der Waals surface area contributed by atoms with E-state index in [1.165, 1.54) is 0 Å². The molecule has 0 amide bonds. The molecule has 3 rings (SSSR count). The van der Waals surface area contributed by atoms with Crippen LogP contribution in [0.5, 0.6) is 0 Å². The number of halogens is 6. The van der Waals surface area contributed by atoms with Crippen molar-refractivity contribution in [1.29, 1.82) is 0 Å². The summed E-state index contributed by atoms with van der Waals surface area (Å²) in [6.07, 6.45) is -5.13. The van der Waals surface area contributed by atoms with Crippen molar-refractivity contribution in [3.63, 3.8) is 0 Å². The fourth-order valence-corrected chi connectivity index (χ4v) is 5.17. The van der Waals surface area contributed by atoms with E-state index in [9.17, 15) is 32.3 Å². The lowest BCUT2D eigenvalue weighted by Crippen LogP contribution is -2.44. The summed E-state index contributed by atoms with van der Waals surface area (Å²) in [6, 6.07) is 1.17. The minimum Gasteiger partial charge on any atom is -0.465 e. The van der Waals surface area contributed by atoms with Gasteiger partial charge in [0.2, 0.25) is 0 Å². The molecule has 1 aromatic carbocycles. The summed E-state index contributed by atoms with van der Waals surface area (Å²) in [5.74, 6) is -2.83. The largest absolute Gasteiger partial charge is 0.465 e. The number of carbonyl (C=O) groups is 2. The Morgan fingerprint density at radius 2 is 1.59 bits per heavy atom. The highest BCUT2D eigenvalue weighted by Gasteiger charge is 2.56. The maximum atomic E-state index is 13.8. The topological polar surface area (TPSA) is 63.6 Å². The maximum absolute atomic E-state index is 13.8. The van der Waals surface area contributed by atoms with E-state index in [0.717, 1.165) is 18.4 Å². The van der Waals surface area contributed by atoms with E-state index >= 15 is 0 Å². The molecule has 0 saturated carbocycles. The second-order valence-corrected chi connectivity index (χ2v) is 8.61. The Bertz CT molecular complexity index is 1010. The molecule has 1 aliphatic rings. The minimum atomic E-state index is -5.29. The average Bonchev–Trinajstić information content (AvgIpc) is 3.34. The Labute approximate surface area is 196 Å². The molecular formula is C21H20Cl2F4O4S. The zero-order valence-electron chi connectivity index (χ0n) is 17.3. The summed E-state index contributed by atoms with van der Waals surface area (Å²) in [5, 5.41) is 9.08. The quantitative estimate of drug-likeness (QED) is 0.213. The van der Waals surface area contributed by atoms with E-state index in [2.05, 4.69) is 4.74 Å². The monoisotopic (exact) mass is 514 g/mol. The summed E-state index contributed by atoms with van der Waals surface area (Å²) in [6.45, 7) is 4.00. The van der Waals surface area contributed by atoms with Gasteiger partial charge in [0.15, 0.2) is 17.2 Å². The number of benzene rings is 1. The van der Waals surface area contributed by atoms with E-state index in [-0.39, 0.29) is 9.75 Å². The molecule has 0 aliphatic heterocycles. The van der Waals surface area contributed by atoms with E-state index in [4.69, 9.17) is 23.2 Å². The van der Waals surface area contributed by atoms with Gasteiger partial charge in [0.05, 0.1) is 28.5 Å². The van der Waals surface area contributed by atoms with Crippen molar-refractivity contribution in [2.75, 3.05) is 7.11 Å². The third-order valence-electron chi connectivity index (χ3n) is 4.94. The average molecular weight is 515 g/mol. The maximum Gasteiger partial charge on any atom is 0.421 e. The zero-order chi connectivity index (χ0) is 24.4. The summed E-state index contributed by atoms with van der Waals surface area (Å²) in [5.41, 5.74) is -3.45. The Kier molecular flexibility index (Phi) is 8.36. The van der Waals surface area contributed by atoms with Gasteiger partial charge in [0, 0.05) is 0 Å². The number of carbonyl (C=O) groups excluding carboxylic acids is 2. The normalized spacial score (nSPS) is 14.8. The van der Waals surface area contributed by atoms with Crippen LogP contribution in [0, 0.1) is 5.82 Å². The molecule has 1 aliphatic carbocycles. The fourth-order valence-electron chi connectivity index (χ4n) is 3.43. The molecule has 0 saturated heterocycles. The van der Waals surface area contributed by atoms with Gasteiger partial charge >= 0.3 is 12.1 Å². The molecule has 1 unspecified atom stereocenters. The predicted octanol–water partition coefficient (Wildman–Crippen LogP) is 6.52. The van der Waals surface area contributed by atoms with Crippen LogP contribution in [0.25, 0.3) is 0 Å². The zero-order valence-corrected chi connectivity index (χ0v) is 19.7. The molecule has 176 valence electrons. The van der Waals surface area contributed by atoms with Gasteiger partial charge in [0.25, 0.3) is 0 Å². The smallest absolute Gasteiger partial charge is 0.421 e. The second-order valence-electron chi connectivity index (χ2n) is 6.77. The number of ketones is 1. The fraction of sp³-hybridized carbons (Fsp3) is 0.429. The lowest BCUT2D eigenvalue weighted by atomic mass is 9.87. The number of aliphatic hydroxyl groups is 1. The summed E-state index contributed by atoms with van der Waals surface area (Å²) >= 11 is 11.9. The highest BCUT2D eigenvalue weighted by atomic mass is 35.5. The molecule has 0 spiro atoms. The third-order valence-corrected chi connectivity index (χ3v) is 6.79. The number of Topliss-reactive ketones (excluding diaryl/α,β-unsaturated/α-hetero) is 1. The highest BCUT2D eigenvalue weighted by molar-refractivity contribution is 7.16. The van der Waals surface area contributed by atoms with Gasteiger partial charge in [-0.15, -0.1) is 11.3 Å². The third kappa shape index (κ3) is 4.81. The van der Waals surface area contributed by atoms with Crippen molar-refractivity contribution in [3.05, 3.63) is 54.4 Å². The lowest BCUT2D eigenvalue weighted by Gasteiger charge is -2.30. The Balaban J connectivity index is 0.00000176. The number of esters is 1. The van der Waals surface area contributed by atoms with Gasteiger partial charge in [-0.25, -0.2) is 9.18 Å². The number of ether oxygens (including phenoxy) is 1. The molecule has 1 atom stereocenters. The first-order valence-electron chi connectivity index (χ1n) is 9.61. The van der Waals surface area contributed by atoms with Crippen LogP contribution < -0.4 is 0 Å². The number of alkyl halides is 3. The number of hydrogen-bond donors (Lipinski definition) is 1. The van der Waals surface area contributed by atoms with Gasteiger partial charge in [-0.3, -0.25) is 4.79 Å². The number of rotatable bonds is 5. The standard InChI is InChI=1S/C19H14Cl2F4O4S.C2H6/c1-29-17(27)16-10-4-2-3-9(10)15(30-16)13(26)7-18(28,19(23,24)25)8-5-11(20)14(22)12(21)6-8;1-2/h5-6,28H,2-4,7H2,1H3;1-2H3. The molecule has 0 radical (unpaired) electrons. The van der Waals surface area contributed by atoms with Crippen molar-refractivity contribution in [1.82, 2.24) is 0 Å². The number of hydrogen-bond acceptors (Lipinski definition) is 5. The number of thiophene rings is 1. The second kappa shape index (κ2) is 10.1. The van der Waals surface area contributed by atoms with Crippen LogP contribution in [0.2, 0.25) is 10.0 Å². The van der Waals surface area contributed by atoms with E-state index in [0.29, 0.717) is 42.5 Å². The SMILES string of the molecule is CC.COC(=O)c1sc(C(=O)CC(O)(c2cc(Cl)c(F)c(Cl)c2)C(F)(F)F)c2c1CCC2. The summed E-state index contributed by atoms with van der Waals surface area (Å²) in [4.78, 5) is 25.0. The molecular weight excluding hydrogens is 495 g/mol. The lowest BCUT2D eigenvalue weighted by molar-refractivity contribution is -0.264. The van der Waals surface area contributed by atoms with Crippen molar-refractivity contribution in [3.8, 4) is 0 Å². The molecule has 11 heteroatoms. The molecule has 1 N–H and O–H groups in total. The summed E-state index contributed by atoms with van der Waals surface area (Å²) < 4.78 is 59.8. The van der Waals surface area contributed by atoms with Gasteiger partial charge in [-0.05, 0) is 48.1 Å². The van der Waals surface area contributed by atoms with Crippen molar-refractivity contribution in [2.24, 2.45) is 0 Å². The van der Waals surface area contributed by atoms with E-state index < -0.39 is 51.4 Å². The van der Waals surface area contributed by atoms with Crippen molar-refractivity contribution in [2.45, 2.75) is 51.3 Å². The summed E-state index contributed by atoms with van der Waals surface area (Å²) in [7, 11) is 1.16.